The van der Waals surface area contributed by atoms with Crippen molar-refractivity contribution < 1.29 is 9.59 Å². The van der Waals surface area contributed by atoms with E-state index in [1.54, 1.807) is 60.7 Å². The highest BCUT2D eigenvalue weighted by atomic mass is 35.5. The zero-order valence-corrected chi connectivity index (χ0v) is 14.1. The topological polar surface area (TPSA) is 46.2 Å². The van der Waals surface area contributed by atoms with Crippen molar-refractivity contribution in [2.24, 2.45) is 0 Å². The number of benzene rings is 3. The Morgan fingerprint density at radius 3 is 2.00 bits per heavy atom. The maximum absolute atomic E-state index is 12.7. The molecule has 0 bridgehead atoms. The van der Waals surface area contributed by atoms with Crippen LogP contribution in [0.1, 0.15) is 26.9 Å². The van der Waals surface area contributed by atoms with Gasteiger partial charge in [-0.3, -0.25) is 9.59 Å². The minimum absolute atomic E-state index is 0.151. The number of carbonyl (C=O) groups excluding carboxylic acids is 2. The molecule has 0 saturated heterocycles. The minimum atomic E-state index is -0.832. The quantitative estimate of drug-likeness (QED) is 0.529. The van der Waals surface area contributed by atoms with Crippen molar-refractivity contribution >= 4 is 29.0 Å². The molecule has 3 aromatic carbocycles. The molecule has 25 heavy (non-hydrogen) atoms. The number of anilines is 1. The molecule has 0 saturated carbocycles. The number of ketones is 1. The van der Waals surface area contributed by atoms with Gasteiger partial charge in [0, 0.05) is 11.1 Å². The van der Waals surface area contributed by atoms with E-state index in [1.165, 1.54) is 0 Å². The van der Waals surface area contributed by atoms with Gasteiger partial charge in [-0.25, -0.2) is 0 Å². The van der Waals surface area contributed by atoms with E-state index in [0.29, 0.717) is 22.4 Å². The van der Waals surface area contributed by atoms with Gasteiger partial charge >= 0.3 is 0 Å². The number of hydrogen-bond acceptors (Lipinski definition) is 2. The van der Waals surface area contributed by atoms with Gasteiger partial charge in [-0.05, 0) is 17.7 Å². The van der Waals surface area contributed by atoms with Gasteiger partial charge in [0.25, 0.3) is 0 Å². The summed E-state index contributed by atoms with van der Waals surface area (Å²) in [4.78, 5) is 25.2. The summed E-state index contributed by atoms with van der Waals surface area (Å²) in [5, 5.41) is 1.94. The summed E-state index contributed by atoms with van der Waals surface area (Å²) >= 11 is 6.26. The summed E-state index contributed by atoms with van der Waals surface area (Å²) in [5.41, 5.74) is 2.14. The van der Waals surface area contributed by atoms with Gasteiger partial charge in [0.15, 0.2) is 5.78 Å². The van der Waals surface area contributed by atoms with Gasteiger partial charge in [0.05, 0.1) is 5.69 Å². The number of amides is 1. The van der Waals surface area contributed by atoms with E-state index in [2.05, 4.69) is 5.32 Å². The van der Waals surface area contributed by atoms with Crippen LogP contribution in [-0.2, 0) is 4.79 Å². The SMILES string of the molecule is O=C(c1ccccc1)c1ccccc1NC(=O)[C@H](Cl)c1ccccc1. The molecule has 4 heteroatoms. The lowest BCUT2D eigenvalue weighted by Crippen LogP contribution is -2.19. The molecule has 3 rings (SSSR count). The number of alkyl halides is 1. The highest BCUT2D eigenvalue weighted by Crippen LogP contribution is 2.25. The van der Waals surface area contributed by atoms with Gasteiger partial charge in [0.2, 0.25) is 5.91 Å². The van der Waals surface area contributed by atoms with Crippen LogP contribution in [0, 0.1) is 0 Å². The Labute approximate surface area is 151 Å². The van der Waals surface area contributed by atoms with Gasteiger partial charge in [-0.1, -0.05) is 72.8 Å². The third-order valence-electron chi connectivity index (χ3n) is 3.79. The second-order valence-corrected chi connectivity index (χ2v) is 5.94. The predicted molar refractivity (Wildman–Crippen MR) is 100.0 cm³/mol. The number of rotatable bonds is 5. The first-order valence-corrected chi connectivity index (χ1v) is 8.29. The number of halogens is 1. The average molecular weight is 350 g/mol. The Morgan fingerprint density at radius 2 is 1.32 bits per heavy atom. The fraction of sp³-hybridized carbons (Fsp3) is 0.0476. The van der Waals surface area contributed by atoms with Crippen LogP contribution < -0.4 is 5.32 Å². The molecule has 1 N–H and O–H groups in total. The third kappa shape index (κ3) is 3.95. The smallest absolute Gasteiger partial charge is 0.246 e. The van der Waals surface area contributed by atoms with Crippen molar-refractivity contribution in [3.05, 3.63) is 102 Å². The van der Waals surface area contributed by atoms with E-state index in [1.807, 2.05) is 24.3 Å². The molecule has 1 atom stereocenters. The number of nitrogens with one attached hydrogen (secondary N) is 1. The molecule has 3 aromatic rings. The van der Waals surface area contributed by atoms with E-state index >= 15 is 0 Å². The third-order valence-corrected chi connectivity index (χ3v) is 4.24. The molecule has 0 aromatic heterocycles. The lowest BCUT2D eigenvalue weighted by molar-refractivity contribution is -0.116. The molecule has 0 aliphatic rings. The molecule has 0 heterocycles. The maximum Gasteiger partial charge on any atom is 0.246 e. The van der Waals surface area contributed by atoms with Crippen LogP contribution in [0.3, 0.4) is 0 Å². The first-order chi connectivity index (χ1) is 12.2. The standard InChI is InChI=1S/C21H16ClNO2/c22-19(15-9-3-1-4-10-15)21(25)23-18-14-8-7-13-17(18)20(24)16-11-5-2-6-12-16/h1-14,19H,(H,23,25)/t19-/m1/s1. The van der Waals surface area contributed by atoms with E-state index in [-0.39, 0.29) is 11.7 Å². The molecule has 124 valence electrons. The molecule has 0 spiro atoms. The Morgan fingerprint density at radius 1 is 0.760 bits per heavy atom. The van der Waals surface area contributed by atoms with Crippen LogP contribution >= 0.6 is 11.6 Å². The summed E-state index contributed by atoms with van der Waals surface area (Å²) in [6.45, 7) is 0. The average Bonchev–Trinajstić information content (AvgIpc) is 2.68. The lowest BCUT2D eigenvalue weighted by Gasteiger charge is -2.13. The summed E-state index contributed by atoms with van der Waals surface area (Å²) < 4.78 is 0. The summed E-state index contributed by atoms with van der Waals surface area (Å²) in [7, 11) is 0. The summed E-state index contributed by atoms with van der Waals surface area (Å²) in [6.07, 6.45) is 0. The van der Waals surface area contributed by atoms with Crippen molar-refractivity contribution in [2.75, 3.05) is 5.32 Å². The van der Waals surface area contributed by atoms with Crippen LogP contribution in [0.15, 0.2) is 84.9 Å². The van der Waals surface area contributed by atoms with Crippen molar-refractivity contribution in [2.45, 2.75) is 5.38 Å². The van der Waals surface area contributed by atoms with Crippen LogP contribution in [0.25, 0.3) is 0 Å². The Bertz CT molecular complexity index is 879. The number of carbonyl (C=O) groups is 2. The maximum atomic E-state index is 12.7. The number of hydrogen-bond donors (Lipinski definition) is 1. The highest BCUT2D eigenvalue weighted by Gasteiger charge is 2.20. The molecular weight excluding hydrogens is 334 g/mol. The van der Waals surface area contributed by atoms with Gasteiger partial charge in [0.1, 0.15) is 5.38 Å². The van der Waals surface area contributed by atoms with Crippen LogP contribution in [-0.4, -0.2) is 11.7 Å². The fourth-order valence-electron chi connectivity index (χ4n) is 2.50. The van der Waals surface area contributed by atoms with Crippen molar-refractivity contribution in [1.29, 1.82) is 0 Å². The van der Waals surface area contributed by atoms with Gasteiger partial charge in [-0.2, -0.15) is 0 Å². The first kappa shape index (κ1) is 16.9. The van der Waals surface area contributed by atoms with Gasteiger partial charge in [-0.15, -0.1) is 11.6 Å². The van der Waals surface area contributed by atoms with E-state index in [0.717, 1.165) is 0 Å². The Hall–Kier alpha value is -2.91. The second kappa shape index (κ2) is 7.77. The normalized spacial score (nSPS) is 11.6. The molecule has 1 amide bonds. The number of para-hydroxylation sites is 1. The molecule has 0 unspecified atom stereocenters. The van der Waals surface area contributed by atoms with Crippen LogP contribution in [0.2, 0.25) is 0 Å². The van der Waals surface area contributed by atoms with E-state index in [9.17, 15) is 9.59 Å². The second-order valence-electron chi connectivity index (χ2n) is 5.50. The molecule has 0 aliphatic heterocycles. The van der Waals surface area contributed by atoms with Crippen LogP contribution in [0.5, 0.6) is 0 Å². The fourth-order valence-corrected chi connectivity index (χ4v) is 2.70. The highest BCUT2D eigenvalue weighted by molar-refractivity contribution is 6.32. The minimum Gasteiger partial charge on any atom is -0.324 e. The molecule has 0 fully saturated rings. The first-order valence-electron chi connectivity index (χ1n) is 7.85. The Balaban J connectivity index is 1.84. The van der Waals surface area contributed by atoms with Crippen molar-refractivity contribution in [1.82, 2.24) is 0 Å². The predicted octanol–water partition coefficient (Wildman–Crippen LogP) is 4.84. The van der Waals surface area contributed by atoms with Crippen LogP contribution in [0.4, 0.5) is 5.69 Å². The monoisotopic (exact) mass is 349 g/mol. The molecule has 0 aliphatic carbocycles. The zero-order valence-electron chi connectivity index (χ0n) is 13.4. The Kier molecular flexibility index (Phi) is 5.26. The summed E-state index contributed by atoms with van der Waals surface area (Å²) in [6, 6.07) is 25.0. The lowest BCUT2D eigenvalue weighted by atomic mass is 10.0. The zero-order chi connectivity index (χ0) is 17.6. The van der Waals surface area contributed by atoms with E-state index in [4.69, 9.17) is 11.6 Å². The molecular formula is C21H16ClNO2. The molecule has 0 radical (unpaired) electrons. The van der Waals surface area contributed by atoms with E-state index < -0.39 is 5.38 Å². The van der Waals surface area contributed by atoms with Crippen molar-refractivity contribution in [3.8, 4) is 0 Å². The van der Waals surface area contributed by atoms with Gasteiger partial charge < -0.3 is 5.32 Å². The molecule has 3 nitrogen and oxygen atoms in total. The van der Waals surface area contributed by atoms with Crippen molar-refractivity contribution in [3.63, 3.8) is 0 Å². The summed E-state index contributed by atoms with van der Waals surface area (Å²) in [5.74, 6) is -0.525. The largest absolute Gasteiger partial charge is 0.324 e.